The molecule has 0 atom stereocenters. The SMILES string of the molecule is C.C.CCO.CCOC(=O)C(C)(C)O.CO.COC(=O)C(C)(C)O. The molecule has 8 heteroatoms. The van der Waals surface area contributed by atoms with Gasteiger partial charge < -0.3 is 29.9 Å². The summed E-state index contributed by atoms with van der Waals surface area (Å²) >= 11 is 0. The van der Waals surface area contributed by atoms with Crippen LogP contribution in [0, 0.1) is 0 Å². The van der Waals surface area contributed by atoms with Crippen LogP contribution in [0.5, 0.6) is 0 Å². The quantitative estimate of drug-likeness (QED) is 0.550. The minimum absolute atomic E-state index is 0. The summed E-state index contributed by atoms with van der Waals surface area (Å²) in [6, 6.07) is 0. The predicted molar refractivity (Wildman–Crippen MR) is 95.6 cm³/mol. The van der Waals surface area contributed by atoms with Crippen LogP contribution in [0.4, 0.5) is 0 Å². The lowest BCUT2D eigenvalue weighted by atomic mass is 10.1. The fraction of sp³-hybridized carbons (Fsp3) is 0.875. The highest BCUT2D eigenvalue weighted by atomic mass is 16.5. The van der Waals surface area contributed by atoms with Gasteiger partial charge in [-0.15, -0.1) is 0 Å². The lowest BCUT2D eigenvalue weighted by molar-refractivity contribution is -0.161. The van der Waals surface area contributed by atoms with Gasteiger partial charge in [-0.05, 0) is 41.5 Å². The molecule has 0 saturated carbocycles. The number of carbonyl (C=O) groups is 2. The van der Waals surface area contributed by atoms with Gasteiger partial charge in [0.2, 0.25) is 0 Å². The zero-order chi connectivity index (χ0) is 19.0. The smallest absolute Gasteiger partial charge is 0.337 e. The van der Waals surface area contributed by atoms with E-state index in [0.717, 1.165) is 7.11 Å². The summed E-state index contributed by atoms with van der Waals surface area (Å²) in [5.74, 6) is -1.19. The van der Waals surface area contributed by atoms with E-state index in [2.05, 4.69) is 9.47 Å². The van der Waals surface area contributed by atoms with E-state index in [0.29, 0.717) is 6.61 Å². The Morgan fingerprint density at radius 3 is 1.17 bits per heavy atom. The highest BCUT2D eigenvalue weighted by Crippen LogP contribution is 2.02. The molecule has 152 valence electrons. The van der Waals surface area contributed by atoms with Gasteiger partial charge in [-0.25, -0.2) is 9.59 Å². The van der Waals surface area contributed by atoms with Gasteiger partial charge in [-0.3, -0.25) is 0 Å². The highest BCUT2D eigenvalue weighted by Gasteiger charge is 2.24. The van der Waals surface area contributed by atoms with Crippen LogP contribution in [0.3, 0.4) is 0 Å². The Morgan fingerprint density at radius 2 is 1.12 bits per heavy atom. The standard InChI is InChI=1S/C6H12O3.C5H10O3.C2H6O.CH4O.2CH4/c1-4-9-5(7)6(2,3)8;1-5(2,7)4(6)8-3;1-2-3;1-2;;/h8H,4H2,1-3H3;7H,1-3H3;3H,2H2,1H3;2H,1H3;2*1H4. The maximum atomic E-state index is 10.6. The summed E-state index contributed by atoms with van der Waals surface area (Å²) in [6.45, 7) is 9.47. The van der Waals surface area contributed by atoms with E-state index in [9.17, 15) is 9.59 Å². The molecule has 0 aromatic carbocycles. The van der Waals surface area contributed by atoms with Crippen LogP contribution in [0.25, 0.3) is 0 Å². The van der Waals surface area contributed by atoms with Crippen LogP contribution >= 0.6 is 0 Å². The van der Waals surface area contributed by atoms with Gasteiger partial charge in [0.15, 0.2) is 11.2 Å². The number of methoxy groups -OCH3 is 1. The number of carbonyl (C=O) groups excluding carboxylic acids is 2. The molecule has 24 heavy (non-hydrogen) atoms. The molecule has 0 rings (SSSR count). The number of hydrogen-bond acceptors (Lipinski definition) is 8. The van der Waals surface area contributed by atoms with Crippen molar-refractivity contribution in [3.63, 3.8) is 0 Å². The molecule has 0 aliphatic heterocycles. The normalized spacial score (nSPS) is 8.83. The van der Waals surface area contributed by atoms with Crippen LogP contribution in [-0.4, -0.2) is 71.0 Å². The Balaban J connectivity index is -0.0000000500. The fourth-order valence-electron chi connectivity index (χ4n) is 0.557. The van der Waals surface area contributed by atoms with E-state index < -0.39 is 23.1 Å². The van der Waals surface area contributed by atoms with E-state index in [-0.39, 0.29) is 21.5 Å². The minimum atomic E-state index is -1.35. The molecule has 0 aromatic rings. The molecule has 0 radical (unpaired) electrons. The summed E-state index contributed by atoms with van der Waals surface area (Å²) in [6.07, 6.45) is 0. The molecule has 0 saturated heterocycles. The first-order valence-electron chi connectivity index (χ1n) is 6.64. The third-order valence-corrected chi connectivity index (χ3v) is 1.46. The Kier molecular flexibility index (Phi) is 34.8. The monoisotopic (exact) mass is 360 g/mol. The summed E-state index contributed by atoms with van der Waals surface area (Å²) in [5, 5.41) is 32.3. The number of ether oxygens (including phenoxy) is 2. The third kappa shape index (κ3) is 32.7. The lowest BCUT2D eigenvalue weighted by Crippen LogP contribution is -2.32. The molecule has 4 N–H and O–H groups in total. The molecule has 0 heterocycles. The van der Waals surface area contributed by atoms with Gasteiger partial charge in [-0.1, -0.05) is 14.9 Å². The minimum Gasteiger partial charge on any atom is -0.467 e. The second-order valence-electron chi connectivity index (χ2n) is 4.65. The second kappa shape index (κ2) is 21.8. The van der Waals surface area contributed by atoms with Crippen LogP contribution < -0.4 is 0 Å². The first-order valence-corrected chi connectivity index (χ1v) is 6.64. The van der Waals surface area contributed by atoms with E-state index in [4.69, 9.17) is 20.4 Å². The number of aliphatic hydroxyl groups is 4. The van der Waals surface area contributed by atoms with E-state index in [1.807, 2.05) is 0 Å². The summed E-state index contributed by atoms with van der Waals surface area (Å²) < 4.78 is 8.74. The zero-order valence-corrected chi connectivity index (χ0v) is 14.8. The molecule has 0 amide bonds. The van der Waals surface area contributed by atoms with Gasteiger partial charge in [0.1, 0.15) is 0 Å². The molecule has 0 aliphatic rings. The van der Waals surface area contributed by atoms with Crippen molar-refractivity contribution in [3.05, 3.63) is 0 Å². The van der Waals surface area contributed by atoms with Crippen molar-refractivity contribution < 1.29 is 39.5 Å². The van der Waals surface area contributed by atoms with Crippen LogP contribution in [0.15, 0.2) is 0 Å². The van der Waals surface area contributed by atoms with E-state index in [1.54, 1.807) is 13.8 Å². The molecule has 0 unspecified atom stereocenters. The number of aliphatic hydroxyl groups excluding tert-OH is 2. The van der Waals surface area contributed by atoms with Gasteiger partial charge in [0.25, 0.3) is 0 Å². The largest absolute Gasteiger partial charge is 0.467 e. The van der Waals surface area contributed by atoms with Crippen molar-refractivity contribution >= 4 is 11.9 Å². The topological polar surface area (TPSA) is 134 Å². The summed E-state index contributed by atoms with van der Waals surface area (Å²) in [5.41, 5.74) is -2.70. The van der Waals surface area contributed by atoms with Crippen LogP contribution in [-0.2, 0) is 19.1 Å². The van der Waals surface area contributed by atoms with Crippen molar-refractivity contribution in [2.45, 2.75) is 67.6 Å². The van der Waals surface area contributed by atoms with Crippen molar-refractivity contribution in [1.82, 2.24) is 0 Å². The molecular weight excluding hydrogens is 320 g/mol. The van der Waals surface area contributed by atoms with Gasteiger partial charge in [0.05, 0.1) is 13.7 Å². The molecule has 0 aromatic heterocycles. The maximum Gasteiger partial charge on any atom is 0.337 e. The molecule has 0 spiro atoms. The molecule has 0 fully saturated rings. The Morgan fingerprint density at radius 1 is 0.875 bits per heavy atom. The first-order chi connectivity index (χ1) is 9.88. The van der Waals surface area contributed by atoms with Crippen molar-refractivity contribution in [1.29, 1.82) is 0 Å². The average Bonchev–Trinajstić information content (AvgIpc) is 2.40. The second-order valence-corrected chi connectivity index (χ2v) is 4.65. The number of hydrogen-bond donors (Lipinski definition) is 4. The number of esters is 2. The van der Waals surface area contributed by atoms with Crippen LogP contribution in [0.2, 0.25) is 0 Å². The molecular formula is C16H40O8. The summed E-state index contributed by atoms with van der Waals surface area (Å²) in [7, 11) is 2.24. The Hall–Kier alpha value is -1.22. The Bertz CT molecular complexity index is 264. The maximum absolute atomic E-state index is 10.6. The van der Waals surface area contributed by atoms with Crippen molar-refractivity contribution in [3.8, 4) is 0 Å². The Labute approximate surface area is 147 Å². The van der Waals surface area contributed by atoms with Crippen molar-refractivity contribution in [2.24, 2.45) is 0 Å². The molecule has 0 bridgehead atoms. The number of rotatable bonds is 3. The molecule has 8 nitrogen and oxygen atoms in total. The molecule has 0 aliphatic carbocycles. The van der Waals surface area contributed by atoms with Gasteiger partial charge in [-0.2, -0.15) is 0 Å². The van der Waals surface area contributed by atoms with E-state index in [1.165, 1.54) is 34.8 Å². The summed E-state index contributed by atoms with van der Waals surface area (Å²) in [4.78, 5) is 21.0. The third-order valence-electron chi connectivity index (χ3n) is 1.46. The lowest BCUT2D eigenvalue weighted by Gasteiger charge is -2.13. The highest BCUT2D eigenvalue weighted by molar-refractivity contribution is 5.78. The fourth-order valence-corrected chi connectivity index (χ4v) is 0.557. The van der Waals surface area contributed by atoms with Crippen molar-refractivity contribution in [2.75, 3.05) is 27.4 Å². The van der Waals surface area contributed by atoms with E-state index >= 15 is 0 Å². The average molecular weight is 360 g/mol. The predicted octanol–water partition coefficient (Wildman–Crippen LogP) is 1.13. The zero-order valence-electron chi connectivity index (χ0n) is 14.8. The first kappa shape index (κ1) is 38.4. The van der Waals surface area contributed by atoms with Gasteiger partial charge >= 0.3 is 11.9 Å². The van der Waals surface area contributed by atoms with Gasteiger partial charge in [0, 0.05) is 13.7 Å². The van der Waals surface area contributed by atoms with Crippen LogP contribution in [0.1, 0.15) is 56.4 Å².